The number of ether oxygens (including phenoxy) is 2. The van der Waals surface area contributed by atoms with E-state index < -0.39 is 0 Å². The van der Waals surface area contributed by atoms with Crippen molar-refractivity contribution in [3.05, 3.63) is 36.4 Å². The lowest BCUT2D eigenvalue weighted by Gasteiger charge is -2.39. The minimum Gasteiger partial charge on any atom is -0.463 e. The Kier molecular flexibility index (Phi) is 4.44. The summed E-state index contributed by atoms with van der Waals surface area (Å²) in [5.41, 5.74) is 1.26. The van der Waals surface area contributed by atoms with Crippen molar-refractivity contribution in [1.82, 2.24) is 24.6 Å². The summed E-state index contributed by atoms with van der Waals surface area (Å²) in [6.07, 6.45) is 9.94. The molecule has 7 heteroatoms. The Balaban J connectivity index is 1.37. The molecule has 2 aromatic rings. The molecular weight excluding hydrogens is 306 g/mol. The summed E-state index contributed by atoms with van der Waals surface area (Å²) in [6, 6.07) is 2.70. The minimum atomic E-state index is 0.235. The molecule has 7 nitrogen and oxygen atoms in total. The van der Waals surface area contributed by atoms with Gasteiger partial charge in [-0.25, -0.2) is 9.97 Å². The molecule has 3 unspecified atom stereocenters. The molecule has 1 saturated carbocycles. The molecular formula is C17H23N5O2. The summed E-state index contributed by atoms with van der Waals surface area (Å²) in [6.45, 7) is 3.31. The van der Waals surface area contributed by atoms with Gasteiger partial charge in [0.15, 0.2) is 0 Å². The molecule has 2 aliphatic rings. The van der Waals surface area contributed by atoms with Gasteiger partial charge in [-0.3, -0.25) is 9.58 Å². The standard InChI is InChI=1S/C17H23N5O2/c1-21-10-13(9-20-21)11-22-7-8-23-16-14(3-4-15(16)22)12-24-17-18-5-2-6-19-17/h2,5-6,9-10,14-16H,3-4,7-8,11-12H2,1H3. The largest absolute Gasteiger partial charge is 0.463 e. The Morgan fingerprint density at radius 3 is 2.96 bits per heavy atom. The third kappa shape index (κ3) is 3.27. The van der Waals surface area contributed by atoms with Gasteiger partial charge in [-0.05, 0) is 18.9 Å². The zero-order chi connectivity index (χ0) is 16.4. The Labute approximate surface area is 141 Å². The van der Waals surface area contributed by atoms with Crippen molar-refractivity contribution < 1.29 is 9.47 Å². The second-order valence-corrected chi connectivity index (χ2v) is 6.58. The first kappa shape index (κ1) is 15.5. The predicted octanol–water partition coefficient (Wildman–Crippen LogP) is 1.27. The summed E-state index contributed by atoms with van der Waals surface area (Å²) in [5, 5.41) is 4.27. The molecule has 0 aromatic carbocycles. The second kappa shape index (κ2) is 6.86. The molecule has 1 aliphatic heterocycles. The van der Waals surface area contributed by atoms with Crippen LogP contribution in [0.5, 0.6) is 6.01 Å². The van der Waals surface area contributed by atoms with Gasteiger partial charge in [-0.2, -0.15) is 5.10 Å². The highest BCUT2D eigenvalue weighted by Crippen LogP contribution is 2.35. The van der Waals surface area contributed by atoms with E-state index in [1.807, 2.05) is 17.9 Å². The summed E-state index contributed by atoms with van der Waals surface area (Å²) in [7, 11) is 1.96. The van der Waals surface area contributed by atoms with Crippen molar-refractivity contribution in [3.8, 4) is 6.01 Å². The normalized spacial score (nSPS) is 27.1. The van der Waals surface area contributed by atoms with Gasteiger partial charge in [-0.15, -0.1) is 0 Å². The Morgan fingerprint density at radius 1 is 1.29 bits per heavy atom. The zero-order valence-electron chi connectivity index (χ0n) is 13.9. The number of aromatic nitrogens is 4. The van der Waals surface area contributed by atoms with Gasteiger partial charge in [0.25, 0.3) is 0 Å². The summed E-state index contributed by atoms with van der Waals surface area (Å²) in [4.78, 5) is 10.8. The maximum Gasteiger partial charge on any atom is 0.316 e. The highest BCUT2D eigenvalue weighted by Gasteiger charge is 2.43. The van der Waals surface area contributed by atoms with E-state index in [4.69, 9.17) is 9.47 Å². The fourth-order valence-corrected chi connectivity index (χ4v) is 3.84. The van der Waals surface area contributed by atoms with Crippen molar-refractivity contribution in [2.75, 3.05) is 19.8 Å². The van der Waals surface area contributed by atoms with Crippen LogP contribution in [0, 0.1) is 5.92 Å². The highest BCUT2D eigenvalue weighted by molar-refractivity contribution is 5.06. The van der Waals surface area contributed by atoms with Crippen molar-refractivity contribution >= 4 is 0 Å². The second-order valence-electron chi connectivity index (χ2n) is 6.58. The number of morpholine rings is 1. The van der Waals surface area contributed by atoms with Gasteiger partial charge in [0, 0.05) is 56.3 Å². The molecule has 24 heavy (non-hydrogen) atoms. The molecule has 2 fully saturated rings. The average Bonchev–Trinajstić information content (AvgIpc) is 3.21. The number of hydrogen-bond acceptors (Lipinski definition) is 6. The number of nitrogens with zero attached hydrogens (tertiary/aromatic N) is 5. The number of fused-ring (bicyclic) bond motifs is 1. The quantitative estimate of drug-likeness (QED) is 0.823. The molecule has 1 aliphatic carbocycles. The monoisotopic (exact) mass is 329 g/mol. The van der Waals surface area contributed by atoms with Crippen molar-refractivity contribution in [3.63, 3.8) is 0 Å². The summed E-state index contributed by atoms with van der Waals surface area (Å²) < 4.78 is 13.7. The van der Waals surface area contributed by atoms with Crippen LogP contribution in [0.2, 0.25) is 0 Å². The molecule has 3 atom stereocenters. The lowest BCUT2D eigenvalue weighted by molar-refractivity contribution is -0.0819. The van der Waals surface area contributed by atoms with Crippen LogP contribution >= 0.6 is 0 Å². The van der Waals surface area contributed by atoms with E-state index >= 15 is 0 Å². The maximum atomic E-state index is 6.09. The van der Waals surface area contributed by atoms with Gasteiger partial charge in [0.2, 0.25) is 0 Å². The fraction of sp³-hybridized carbons (Fsp3) is 0.588. The number of hydrogen-bond donors (Lipinski definition) is 0. The molecule has 0 amide bonds. The molecule has 128 valence electrons. The predicted molar refractivity (Wildman–Crippen MR) is 87.4 cm³/mol. The average molecular weight is 329 g/mol. The first-order valence-electron chi connectivity index (χ1n) is 8.52. The molecule has 0 N–H and O–H groups in total. The maximum absolute atomic E-state index is 6.09. The van der Waals surface area contributed by atoms with Crippen LogP contribution in [0.3, 0.4) is 0 Å². The van der Waals surface area contributed by atoms with Gasteiger partial charge in [0.1, 0.15) is 0 Å². The molecule has 1 saturated heterocycles. The van der Waals surface area contributed by atoms with Crippen LogP contribution < -0.4 is 4.74 Å². The van der Waals surface area contributed by atoms with Crippen LogP contribution in [-0.2, 0) is 18.3 Å². The van der Waals surface area contributed by atoms with Crippen LogP contribution in [0.15, 0.2) is 30.9 Å². The fourth-order valence-electron chi connectivity index (χ4n) is 3.84. The van der Waals surface area contributed by atoms with Crippen LogP contribution in [0.4, 0.5) is 0 Å². The van der Waals surface area contributed by atoms with Crippen LogP contribution in [-0.4, -0.2) is 56.6 Å². The molecule has 0 bridgehead atoms. The van der Waals surface area contributed by atoms with E-state index in [9.17, 15) is 0 Å². The number of rotatable bonds is 5. The smallest absolute Gasteiger partial charge is 0.316 e. The third-order valence-corrected chi connectivity index (χ3v) is 4.95. The summed E-state index contributed by atoms with van der Waals surface area (Å²) >= 11 is 0. The van der Waals surface area contributed by atoms with Gasteiger partial charge in [0.05, 0.1) is 25.5 Å². The first-order valence-corrected chi connectivity index (χ1v) is 8.52. The van der Waals surface area contributed by atoms with Crippen molar-refractivity contribution in [2.24, 2.45) is 13.0 Å². The highest BCUT2D eigenvalue weighted by atomic mass is 16.5. The third-order valence-electron chi connectivity index (χ3n) is 4.95. The van der Waals surface area contributed by atoms with E-state index in [0.717, 1.165) is 32.5 Å². The van der Waals surface area contributed by atoms with Gasteiger partial charge < -0.3 is 9.47 Å². The molecule has 0 radical (unpaired) electrons. The Hall–Kier alpha value is -1.99. The van der Waals surface area contributed by atoms with E-state index in [1.54, 1.807) is 18.5 Å². The molecule has 3 heterocycles. The summed E-state index contributed by atoms with van der Waals surface area (Å²) in [5.74, 6) is 0.399. The Morgan fingerprint density at radius 2 is 2.17 bits per heavy atom. The van der Waals surface area contributed by atoms with Crippen molar-refractivity contribution in [2.45, 2.75) is 31.5 Å². The molecule has 4 rings (SSSR count). The lowest BCUT2D eigenvalue weighted by Crippen LogP contribution is -2.50. The van der Waals surface area contributed by atoms with Gasteiger partial charge >= 0.3 is 6.01 Å². The number of aryl methyl sites for hydroxylation is 1. The zero-order valence-corrected chi connectivity index (χ0v) is 13.9. The van der Waals surface area contributed by atoms with E-state index in [0.29, 0.717) is 24.6 Å². The van der Waals surface area contributed by atoms with E-state index in [-0.39, 0.29) is 6.10 Å². The molecule has 2 aromatic heterocycles. The van der Waals surface area contributed by atoms with E-state index in [1.165, 1.54) is 5.56 Å². The van der Waals surface area contributed by atoms with Crippen molar-refractivity contribution in [1.29, 1.82) is 0 Å². The minimum absolute atomic E-state index is 0.235. The van der Waals surface area contributed by atoms with Gasteiger partial charge in [-0.1, -0.05) is 0 Å². The van der Waals surface area contributed by atoms with Crippen LogP contribution in [0.25, 0.3) is 0 Å². The van der Waals surface area contributed by atoms with E-state index in [2.05, 4.69) is 26.2 Å². The first-order chi connectivity index (χ1) is 11.8. The topological polar surface area (TPSA) is 65.3 Å². The Bertz CT molecular complexity index is 662. The molecule has 0 spiro atoms. The van der Waals surface area contributed by atoms with Crippen LogP contribution in [0.1, 0.15) is 18.4 Å². The SMILES string of the molecule is Cn1cc(CN2CCOC3C(COc4ncccn4)CCC32)cn1. The lowest BCUT2D eigenvalue weighted by atomic mass is 10.0.